The van der Waals surface area contributed by atoms with E-state index in [1.54, 1.807) is 30.5 Å². The van der Waals surface area contributed by atoms with Crippen molar-refractivity contribution in [1.82, 2.24) is 19.9 Å². The van der Waals surface area contributed by atoms with E-state index in [0.29, 0.717) is 30.5 Å². The van der Waals surface area contributed by atoms with Crippen LogP contribution in [-0.4, -0.2) is 65.5 Å². The molecular weight excluding hydrogens is 416 g/mol. The van der Waals surface area contributed by atoms with Crippen LogP contribution in [0.15, 0.2) is 42.0 Å². The van der Waals surface area contributed by atoms with Crippen molar-refractivity contribution in [2.45, 2.75) is 6.61 Å². The first-order valence-corrected chi connectivity index (χ1v) is 10.7. The number of carbonyl (C=O) groups is 2. The van der Waals surface area contributed by atoms with Gasteiger partial charge < -0.3 is 14.5 Å². The number of nitrogens with one attached hydrogen (secondary N) is 1. The number of nitrogens with zero attached hydrogens (tertiary/aromatic N) is 5. The molecule has 1 saturated heterocycles. The quantitative estimate of drug-likeness (QED) is 0.565. The fourth-order valence-electron chi connectivity index (χ4n) is 3.33. The van der Waals surface area contributed by atoms with Crippen molar-refractivity contribution in [3.05, 3.63) is 53.4 Å². The first-order chi connectivity index (χ1) is 15.2. The zero-order valence-corrected chi connectivity index (χ0v) is 17.8. The fourth-order valence-corrected chi connectivity index (χ4v) is 4.04. The van der Waals surface area contributed by atoms with E-state index < -0.39 is 0 Å². The summed E-state index contributed by atoms with van der Waals surface area (Å²) in [6.45, 7) is 3.23. The number of anilines is 2. The number of piperazine rings is 1. The van der Waals surface area contributed by atoms with Crippen LogP contribution in [0, 0.1) is 0 Å². The molecule has 0 saturated carbocycles. The van der Waals surface area contributed by atoms with Crippen molar-refractivity contribution in [2.24, 2.45) is 0 Å². The van der Waals surface area contributed by atoms with E-state index >= 15 is 0 Å². The maximum Gasteiger partial charge on any atom is 0.276 e. The molecule has 2 amide bonds. The predicted octanol–water partition coefficient (Wildman–Crippen LogP) is 2.28. The molecule has 1 fully saturated rings. The van der Waals surface area contributed by atoms with Crippen LogP contribution in [0.2, 0.25) is 0 Å². The Balaban J connectivity index is 1.41. The Morgan fingerprint density at radius 1 is 1.23 bits per heavy atom. The summed E-state index contributed by atoms with van der Waals surface area (Å²) in [7, 11) is 1.62. The predicted molar refractivity (Wildman–Crippen MR) is 118 cm³/mol. The number of ether oxygens (including phenoxy) is 1. The van der Waals surface area contributed by atoms with Crippen LogP contribution in [0.5, 0.6) is 0 Å². The zero-order valence-electron chi connectivity index (χ0n) is 17.0. The summed E-state index contributed by atoms with van der Waals surface area (Å²) in [5, 5.41) is 5.17. The van der Waals surface area contributed by atoms with Crippen molar-refractivity contribution in [3.63, 3.8) is 0 Å². The summed E-state index contributed by atoms with van der Waals surface area (Å²) < 4.78 is 5.20. The third-order valence-electron chi connectivity index (χ3n) is 4.98. The van der Waals surface area contributed by atoms with Gasteiger partial charge in [-0.05, 0) is 24.3 Å². The Bertz CT molecular complexity index is 1050. The van der Waals surface area contributed by atoms with E-state index in [9.17, 15) is 9.59 Å². The van der Waals surface area contributed by atoms with Gasteiger partial charge in [0, 0.05) is 50.4 Å². The van der Waals surface area contributed by atoms with Crippen LogP contribution in [0.1, 0.15) is 16.2 Å². The second-order valence-corrected chi connectivity index (χ2v) is 7.81. The maximum atomic E-state index is 12.6. The minimum Gasteiger partial charge on any atom is -0.378 e. The number of hydrogen-bond donors (Lipinski definition) is 1. The Morgan fingerprint density at radius 2 is 2.06 bits per heavy atom. The summed E-state index contributed by atoms with van der Waals surface area (Å²) in [5.74, 6) is -0.318. The van der Waals surface area contributed by atoms with Crippen LogP contribution in [-0.2, 0) is 16.1 Å². The number of carbonyl (C=O) groups excluding carboxylic acids is 2. The Kier molecular flexibility index (Phi) is 6.48. The van der Waals surface area contributed by atoms with Crippen LogP contribution >= 0.6 is 11.3 Å². The lowest BCUT2D eigenvalue weighted by Crippen LogP contribution is -2.45. The van der Waals surface area contributed by atoms with E-state index in [-0.39, 0.29) is 5.91 Å². The van der Waals surface area contributed by atoms with Gasteiger partial charge in [-0.1, -0.05) is 0 Å². The second kappa shape index (κ2) is 9.63. The lowest BCUT2D eigenvalue weighted by atomic mass is 10.1. The molecule has 160 valence electrons. The van der Waals surface area contributed by atoms with Crippen molar-refractivity contribution < 1.29 is 14.3 Å². The van der Waals surface area contributed by atoms with Gasteiger partial charge in [0.1, 0.15) is 5.69 Å². The molecule has 31 heavy (non-hydrogen) atoms. The molecule has 3 aromatic rings. The minimum absolute atomic E-state index is 0.313. The SMILES string of the molecule is COCc1ncccc1-c1csc(NC(=O)c2ccc(N3CCN(C=O)CC3)cn2)n1. The zero-order chi connectivity index (χ0) is 21.6. The summed E-state index contributed by atoms with van der Waals surface area (Å²) in [6.07, 6.45) is 4.27. The number of pyridine rings is 2. The average molecular weight is 439 g/mol. The van der Waals surface area contributed by atoms with E-state index in [1.807, 2.05) is 23.6 Å². The number of amides is 2. The van der Waals surface area contributed by atoms with E-state index in [2.05, 4.69) is 25.2 Å². The summed E-state index contributed by atoms with van der Waals surface area (Å²) in [4.78, 5) is 40.5. The molecule has 10 heteroatoms. The van der Waals surface area contributed by atoms with Gasteiger partial charge in [0.05, 0.1) is 29.9 Å². The molecule has 0 bridgehead atoms. The fraction of sp³-hybridized carbons (Fsp3) is 0.286. The highest BCUT2D eigenvalue weighted by Crippen LogP contribution is 2.27. The number of hydrogen-bond acceptors (Lipinski definition) is 8. The van der Waals surface area contributed by atoms with Crippen molar-refractivity contribution >= 4 is 34.5 Å². The monoisotopic (exact) mass is 438 g/mol. The van der Waals surface area contributed by atoms with Gasteiger partial charge in [-0.15, -0.1) is 11.3 Å². The molecule has 0 aromatic carbocycles. The van der Waals surface area contributed by atoms with Gasteiger partial charge in [-0.2, -0.15) is 0 Å². The second-order valence-electron chi connectivity index (χ2n) is 6.95. The number of rotatable bonds is 7. The molecule has 9 nitrogen and oxygen atoms in total. The highest BCUT2D eigenvalue weighted by Gasteiger charge is 2.17. The van der Waals surface area contributed by atoms with Crippen LogP contribution < -0.4 is 10.2 Å². The normalized spacial score (nSPS) is 13.8. The maximum absolute atomic E-state index is 12.6. The van der Waals surface area contributed by atoms with E-state index in [1.165, 1.54) is 11.3 Å². The number of aromatic nitrogens is 3. The highest BCUT2D eigenvalue weighted by atomic mass is 32.1. The van der Waals surface area contributed by atoms with E-state index in [0.717, 1.165) is 42.1 Å². The van der Waals surface area contributed by atoms with Crippen molar-refractivity contribution in [2.75, 3.05) is 43.5 Å². The number of thiazole rings is 1. The van der Waals surface area contributed by atoms with Gasteiger partial charge in [0.2, 0.25) is 6.41 Å². The molecule has 4 rings (SSSR count). The molecule has 0 atom stereocenters. The Morgan fingerprint density at radius 3 is 2.77 bits per heavy atom. The molecule has 0 aliphatic carbocycles. The average Bonchev–Trinajstić information content (AvgIpc) is 3.28. The van der Waals surface area contributed by atoms with Crippen LogP contribution in [0.3, 0.4) is 0 Å². The largest absolute Gasteiger partial charge is 0.378 e. The van der Waals surface area contributed by atoms with Gasteiger partial charge in [-0.3, -0.25) is 19.9 Å². The van der Waals surface area contributed by atoms with Crippen molar-refractivity contribution in [3.8, 4) is 11.3 Å². The molecule has 0 radical (unpaired) electrons. The van der Waals surface area contributed by atoms with Crippen molar-refractivity contribution in [1.29, 1.82) is 0 Å². The first-order valence-electron chi connectivity index (χ1n) is 9.78. The molecular formula is C21H22N6O3S. The molecule has 1 N–H and O–H groups in total. The molecule has 1 aliphatic heterocycles. The third kappa shape index (κ3) is 4.86. The van der Waals surface area contributed by atoms with Gasteiger partial charge in [0.15, 0.2) is 5.13 Å². The molecule has 3 aromatic heterocycles. The highest BCUT2D eigenvalue weighted by molar-refractivity contribution is 7.14. The Labute approximate surface area is 183 Å². The minimum atomic E-state index is -0.318. The third-order valence-corrected chi connectivity index (χ3v) is 5.74. The van der Waals surface area contributed by atoms with Gasteiger partial charge in [-0.25, -0.2) is 9.97 Å². The topological polar surface area (TPSA) is 101 Å². The summed E-state index contributed by atoms with van der Waals surface area (Å²) in [6, 6.07) is 7.34. The lowest BCUT2D eigenvalue weighted by Gasteiger charge is -2.33. The number of methoxy groups -OCH3 is 1. The van der Waals surface area contributed by atoms with E-state index in [4.69, 9.17) is 4.74 Å². The lowest BCUT2D eigenvalue weighted by molar-refractivity contribution is -0.118. The van der Waals surface area contributed by atoms with Gasteiger partial charge >= 0.3 is 0 Å². The Hall–Kier alpha value is -3.37. The van der Waals surface area contributed by atoms with Gasteiger partial charge in [0.25, 0.3) is 5.91 Å². The summed E-state index contributed by atoms with van der Waals surface area (Å²) in [5.41, 5.74) is 3.64. The molecule has 1 aliphatic rings. The molecule has 0 spiro atoms. The molecule has 4 heterocycles. The van der Waals surface area contributed by atoms with Crippen LogP contribution in [0.4, 0.5) is 10.8 Å². The first kappa shape index (κ1) is 20.9. The summed E-state index contributed by atoms with van der Waals surface area (Å²) >= 11 is 1.34. The van der Waals surface area contributed by atoms with Crippen LogP contribution in [0.25, 0.3) is 11.3 Å². The molecule has 0 unspecified atom stereocenters. The smallest absolute Gasteiger partial charge is 0.276 e. The standard InChI is InChI=1S/C21H22N6O3S/c1-30-12-18-16(3-2-6-22-18)19-13-31-21(24-19)25-20(29)17-5-4-15(11-23-17)27-9-7-26(14-28)8-10-27/h2-6,11,13-14H,7-10,12H2,1H3,(H,24,25,29).